The summed E-state index contributed by atoms with van der Waals surface area (Å²) < 4.78 is 0. The third-order valence-corrected chi connectivity index (χ3v) is 0.428. The Morgan fingerprint density at radius 2 is 0.952 bits per heavy atom. The Hall–Kier alpha value is -1.91. The van der Waals surface area contributed by atoms with Crippen molar-refractivity contribution in [1.82, 2.24) is 4.84 Å². The zero-order chi connectivity index (χ0) is 18.4. The maximum Gasteiger partial charge on any atom is 0.300 e. The van der Waals surface area contributed by atoms with Gasteiger partial charge in [-0.05, 0) is 11.8 Å². The normalized spacial score (nSPS) is 6.76. The fourth-order valence-electron chi connectivity index (χ4n) is 0.0546. The van der Waals surface area contributed by atoms with Gasteiger partial charge in [-0.25, -0.2) is 4.84 Å². The molecule has 128 valence electrons. The van der Waals surface area contributed by atoms with Crippen LogP contribution < -0.4 is 10.6 Å². The number of rotatable bonds is 2. The maximum absolute atomic E-state index is 9.00. The van der Waals surface area contributed by atoms with E-state index in [4.69, 9.17) is 57.1 Å². The summed E-state index contributed by atoms with van der Waals surface area (Å²) in [6, 6.07) is 0. The third-order valence-electron chi connectivity index (χ3n) is 0.239. The average molecular weight is 335 g/mol. The van der Waals surface area contributed by atoms with Crippen LogP contribution in [0, 0.1) is 0 Å². The van der Waals surface area contributed by atoms with Gasteiger partial charge in [-0.2, -0.15) is 0 Å². The third kappa shape index (κ3) is 578000. The molecule has 0 aromatic rings. The molecular weight excluding hydrogens is 312 g/mol. The molecule has 0 amide bonds. The molecular formula is C10H23ClN2O8. The Kier molecular flexibility index (Phi) is 46.2. The molecule has 10 nitrogen and oxygen atoms in total. The zero-order valence-electron chi connectivity index (χ0n) is 12.3. The quantitative estimate of drug-likeness (QED) is 0.376. The molecule has 0 aliphatic carbocycles. The first-order valence-electron chi connectivity index (χ1n) is 5.16. The molecule has 0 unspecified atom stereocenters. The van der Waals surface area contributed by atoms with Gasteiger partial charge in [-0.3, -0.25) is 19.2 Å². The highest BCUT2D eigenvalue weighted by Gasteiger charge is 1.67. The zero-order valence-corrected chi connectivity index (χ0v) is 13.0. The first-order valence-corrected chi connectivity index (χ1v) is 5.54. The van der Waals surface area contributed by atoms with Gasteiger partial charge in [-0.1, -0.05) is 0 Å². The molecule has 0 fully saturated rings. The second-order valence-corrected chi connectivity index (χ2v) is 3.02. The monoisotopic (exact) mass is 334 g/mol. The van der Waals surface area contributed by atoms with Gasteiger partial charge >= 0.3 is 0 Å². The van der Waals surface area contributed by atoms with Crippen molar-refractivity contribution in [3.8, 4) is 0 Å². The summed E-state index contributed by atoms with van der Waals surface area (Å²) in [6.07, 6.45) is 0. The van der Waals surface area contributed by atoms with Crippen molar-refractivity contribution in [1.29, 1.82) is 0 Å². The number of halogens is 1. The predicted octanol–water partition coefficient (Wildman–Crippen LogP) is 0.0521. The van der Waals surface area contributed by atoms with E-state index in [0.717, 1.165) is 27.7 Å². The predicted molar refractivity (Wildman–Crippen MR) is 76.1 cm³/mol. The maximum atomic E-state index is 9.00. The van der Waals surface area contributed by atoms with E-state index >= 15 is 0 Å². The smallest absolute Gasteiger partial charge is 0.300 e. The number of nitrogens with two attached hydrogens (primary N) is 1. The molecule has 0 aliphatic heterocycles. The number of carboxylic acids is 4. The summed E-state index contributed by atoms with van der Waals surface area (Å²) >= 11 is 4.97. The molecule has 0 aromatic heterocycles. The summed E-state index contributed by atoms with van der Waals surface area (Å²) in [5.41, 5.74) is 4.99. The van der Waals surface area contributed by atoms with Crippen LogP contribution in [0.4, 0.5) is 0 Å². The van der Waals surface area contributed by atoms with Gasteiger partial charge in [0.15, 0.2) is 0 Å². The van der Waals surface area contributed by atoms with Gasteiger partial charge in [0.25, 0.3) is 23.9 Å². The lowest BCUT2D eigenvalue weighted by atomic mass is 10.7. The van der Waals surface area contributed by atoms with Gasteiger partial charge in [-0.15, -0.1) is 0 Å². The van der Waals surface area contributed by atoms with Crippen LogP contribution in [-0.2, 0) is 19.2 Å². The largest absolute Gasteiger partial charge is 0.481 e. The van der Waals surface area contributed by atoms with Crippen molar-refractivity contribution >= 4 is 35.7 Å². The average Bonchev–Trinajstić information content (AvgIpc) is 2.14. The molecule has 0 aliphatic rings. The van der Waals surface area contributed by atoms with E-state index in [2.05, 4.69) is 4.84 Å². The van der Waals surface area contributed by atoms with Crippen LogP contribution in [0.2, 0.25) is 0 Å². The fraction of sp³-hybridized carbons (Fsp3) is 0.600. The van der Waals surface area contributed by atoms with Gasteiger partial charge in [0.05, 0.1) is 0 Å². The number of nitrogens with one attached hydrogen (secondary N) is 1. The highest BCUT2D eigenvalue weighted by atomic mass is 35.5. The number of carboxylic acid groups (broad SMARTS) is 4. The number of hydrogen-bond donors (Lipinski definition) is 6. The molecule has 0 rings (SSSR count). The van der Waals surface area contributed by atoms with Crippen LogP contribution in [0.3, 0.4) is 0 Å². The molecule has 0 spiro atoms. The van der Waals surface area contributed by atoms with E-state index in [1.165, 1.54) is 0 Å². The Balaban J connectivity index is -0.0000000510. The van der Waals surface area contributed by atoms with Crippen LogP contribution >= 0.6 is 11.8 Å². The van der Waals surface area contributed by atoms with E-state index in [-0.39, 0.29) is 0 Å². The van der Waals surface area contributed by atoms with Crippen LogP contribution in [-0.4, -0.2) is 57.4 Å². The number of aliphatic carboxylic acids is 4. The lowest BCUT2D eigenvalue weighted by Crippen LogP contribution is -2.13. The van der Waals surface area contributed by atoms with Gasteiger partial charge in [0.1, 0.15) is 0 Å². The van der Waals surface area contributed by atoms with E-state index in [1.807, 2.05) is 0 Å². The van der Waals surface area contributed by atoms with Crippen molar-refractivity contribution in [3.05, 3.63) is 0 Å². The molecule has 11 heteroatoms. The van der Waals surface area contributed by atoms with Gasteiger partial charge in [0.2, 0.25) is 0 Å². The first-order chi connectivity index (χ1) is 9.34. The second-order valence-electron chi connectivity index (χ2n) is 2.75. The summed E-state index contributed by atoms with van der Waals surface area (Å²) in [7, 11) is 0. The Morgan fingerprint density at radius 3 is 0.952 bits per heavy atom. The second kappa shape index (κ2) is 30.8. The molecule has 0 radical (unpaired) electrons. The summed E-state index contributed by atoms with van der Waals surface area (Å²) in [4.78, 5) is 38.4. The fourth-order valence-corrected chi connectivity index (χ4v) is 0.164. The van der Waals surface area contributed by atoms with Gasteiger partial charge < -0.3 is 26.2 Å². The van der Waals surface area contributed by atoms with E-state index < -0.39 is 23.9 Å². The van der Waals surface area contributed by atoms with E-state index in [1.54, 1.807) is 0 Å². The highest BCUT2D eigenvalue weighted by Crippen LogP contribution is 1.52. The highest BCUT2D eigenvalue weighted by molar-refractivity contribution is 6.13. The topological polar surface area (TPSA) is 187 Å². The lowest BCUT2D eigenvalue weighted by Gasteiger charge is -1.82. The SMILES string of the molecule is CC(=O)O.CC(=O)O.CC(=O)O.CC(=O)O.NCCNCl. The molecule has 0 saturated heterocycles. The molecule has 0 aromatic carbocycles. The molecule has 21 heavy (non-hydrogen) atoms. The minimum Gasteiger partial charge on any atom is -0.481 e. The van der Waals surface area contributed by atoms with Crippen molar-refractivity contribution < 1.29 is 39.6 Å². The Bertz CT molecular complexity index is 208. The molecule has 0 atom stereocenters. The number of carbonyl (C=O) groups is 4. The van der Waals surface area contributed by atoms with Crippen molar-refractivity contribution in [2.45, 2.75) is 27.7 Å². The first kappa shape index (κ1) is 31.5. The standard InChI is InChI=1S/C2H7ClN2.4C2H4O2/c3-5-2-1-4;4*1-2(3)4/h5H,1-2,4H2;4*1H3,(H,3,4). The molecule has 0 saturated carbocycles. The summed E-state index contributed by atoms with van der Waals surface area (Å²) in [5, 5.41) is 29.7. The minimum absolute atomic E-state index is 0.601. The molecule has 0 heterocycles. The minimum atomic E-state index is -0.833. The Morgan fingerprint density at radius 1 is 0.810 bits per heavy atom. The van der Waals surface area contributed by atoms with E-state index in [9.17, 15) is 0 Å². The summed E-state index contributed by atoms with van der Waals surface area (Å²) in [6.45, 7) is 5.62. The van der Waals surface area contributed by atoms with Gasteiger partial charge in [0, 0.05) is 40.8 Å². The van der Waals surface area contributed by atoms with Crippen LogP contribution in [0.15, 0.2) is 0 Å². The van der Waals surface area contributed by atoms with Crippen molar-refractivity contribution in [2.75, 3.05) is 13.1 Å². The molecule has 0 bridgehead atoms. The lowest BCUT2D eigenvalue weighted by molar-refractivity contribution is -0.135. The van der Waals surface area contributed by atoms with Crippen molar-refractivity contribution in [2.24, 2.45) is 5.73 Å². The van der Waals surface area contributed by atoms with Crippen molar-refractivity contribution in [3.63, 3.8) is 0 Å². The summed E-state index contributed by atoms with van der Waals surface area (Å²) in [5.74, 6) is -3.33. The van der Waals surface area contributed by atoms with E-state index in [0.29, 0.717) is 13.1 Å². The van der Waals surface area contributed by atoms with Crippen LogP contribution in [0.1, 0.15) is 27.7 Å². The van der Waals surface area contributed by atoms with Crippen LogP contribution in [0.25, 0.3) is 0 Å². The molecule has 7 N–H and O–H groups in total. The number of hydrogen-bond acceptors (Lipinski definition) is 6. The van der Waals surface area contributed by atoms with Crippen LogP contribution in [0.5, 0.6) is 0 Å². The Labute approximate surface area is 127 Å².